The molecule has 0 radical (unpaired) electrons. The van der Waals surface area contributed by atoms with E-state index in [4.69, 9.17) is 9.47 Å². The van der Waals surface area contributed by atoms with Crippen molar-refractivity contribution in [1.82, 2.24) is 9.97 Å². The van der Waals surface area contributed by atoms with Gasteiger partial charge < -0.3 is 14.5 Å². The molecule has 0 fully saturated rings. The number of hydrogen-bond donors (Lipinski definition) is 1. The third-order valence-electron chi connectivity index (χ3n) is 2.09. The summed E-state index contributed by atoms with van der Waals surface area (Å²) in [4.78, 5) is 17.6. The first-order valence-electron chi connectivity index (χ1n) is 4.86. The topological polar surface area (TPSA) is 64.2 Å². The first-order chi connectivity index (χ1) is 8.61. The first kappa shape index (κ1) is 12.6. The van der Waals surface area contributed by atoms with E-state index in [1.807, 2.05) is 0 Å². The fourth-order valence-electron chi connectivity index (χ4n) is 1.28. The number of benzene rings is 1. The second-order valence-electron chi connectivity index (χ2n) is 3.25. The maximum Gasteiger partial charge on any atom is 0.297 e. The molecule has 0 aliphatic rings. The van der Waals surface area contributed by atoms with Gasteiger partial charge in [-0.1, -0.05) is 0 Å². The molecule has 5 nitrogen and oxygen atoms in total. The Morgan fingerprint density at radius 1 is 1.44 bits per heavy atom. The zero-order valence-corrected chi connectivity index (χ0v) is 10.8. The summed E-state index contributed by atoms with van der Waals surface area (Å²) in [7, 11) is 1.33. The number of nitrogens with zero attached hydrogens (tertiary/aromatic N) is 1. The number of ether oxygens (including phenoxy) is 2. The average Bonchev–Trinajstić information content (AvgIpc) is 2.34. The van der Waals surface area contributed by atoms with Crippen molar-refractivity contribution in [2.75, 3.05) is 7.11 Å². The molecule has 0 atom stereocenters. The number of halogens is 2. The molecule has 94 valence electrons. The van der Waals surface area contributed by atoms with Crippen LogP contribution in [0, 0.1) is 5.82 Å². The van der Waals surface area contributed by atoms with Crippen LogP contribution in [0.5, 0.6) is 17.4 Å². The van der Waals surface area contributed by atoms with Crippen molar-refractivity contribution in [2.45, 2.75) is 0 Å². The van der Waals surface area contributed by atoms with Gasteiger partial charge in [0, 0.05) is 0 Å². The van der Waals surface area contributed by atoms with Gasteiger partial charge in [-0.05, 0) is 34.1 Å². The van der Waals surface area contributed by atoms with Crippen LogP contribution in [0.2, 0.25) is 0 Å². The molecule has 0 saturated carbocycles. The smallest absolute Gasteiger partial charge is 0.297 e. The van der Waals surface area contributed by atoms with Crippen LogP contribution < -0.4 is 15.0 Å². The van der Waals surface area contributed by atoms with E-state index in [-0.39, 0.29) is 16.1 Å². The van der Waals surface area contributed by atoms with E-state index in [1.165, 1.54) is 31.6 Å². The van der Waals surface area contributed by atoms with Crippen LogP contribution in [0.4, 0.5) is 4.39 Å². The van der Waals surface area contributed by atoms with Gasteiger partial charge in [-0.2, -0.15) is 0 Å². The minimum absolute atomic E-state index is 0.0137. The Kier molecular flexibility index (Phi) is 3.61. The Labute approximate surface area is 110 Å². The molecule has 1 aromatic heterocycles. The van der Waals surface area contributed by atoms with Crippen LogP contribution in [0.25, 0.3) is 0 Å². The van der Waals surface area contributed by atoms with Crippen molar-refractivity contribution in [2.24, 2.45) is 0 Å². The second kappa shape index (κ2) is 5.18. The largest absolute Gasteiger partial charge is 0.487 e. The maximum absolute atomic E-state index is 13.0. The van der Waals surface area contributed by atoms with Crippen LogP contribution in [0.1, 0.15) is 0 Å². The zero-order valence-electron chi connectivity index (χ0n) is 9.24. The number of aromatic nitrogens is 2. The van der Waals surface area contributed by atoms with Gasteiger partial charge in [0.05, 0.1) is 17.9 Å². The molecule has 2 aromatic rings. The van der Waals surface area contributed by atoms with Crippen LogP contribution in [0.3, 0.4) is 0 Å². The molecule has 7 heteroatoms. The first-order valence-corrected chi connectivity index (χ1v) is 5.65. The fourth-order valence-corrected chi connectivity index (χ4v) is 1.63. The molecule has 1 N–H and O–H groups in total. The summed E-state index contributed by atoms with van der Waals surface area (Å²) in [5.74, 6) is -0.106. The molecule has 0 aliphatic carbocycles. The number of hydrogen-bond acceptors (Lipinski definition) is 4. The highest BCUT2D eigenvalue weighted by Crippen LogP contribution is 2.28. The lowest BCUT2D eigenvalue weighted by Crippen LogP contribution is -2.10. The van der Waals surface area contributed by atoms with Crippen LogP contribution >= 0.6 is 15.9 Å². The van der Waals surface area contributed by atoms with E-state index in [9.17, 15) is 9.18 Å². The molecule has 1 heterocycles. The van der Waals surface area contributed by atoms with Gasteiger partial charge in [0.25, 0.3) is 11.4 Å². The van der Waals surface area contributed by atoms with Crippen LogP contribution in [-0.4, -0.2) is 17.1 Å². The van der Waals surface area contributed by atoms with E-state index >= 15 is 0 Å². The Morgan fingerprint density at radius 3 is 2.89 bits per heavy atom. The van der Waals surface area contributed by atoms with Crippen molar-refractivity contribution in [3.63, 3.8) is 0 Å². The Bertz CT molecular complexity index is 630. The highest BCUT2D eigenvalue weighted by molar-refractivity contribution is 9.10. The minimum Gasteiger partial charge on any atom is -0.487 e. The molecular formula is C11H8BrFN2O3. The van der Waals surface area contributed by atoms with E-state index in [0.29, 0.717) is 5.75 Å². The summed E-state index contributed by atoms with van der Waals surface area (Å²) in [6.45, 7) is 0. The zero-order chi connectivity index (χ0) is 13.1. The van der Waals surface area contributed by atoms with Gasteiger partial charge in [-0.25, -0.2) is 9.37 Å². The fraction of sp³-hybridized carbons (Fsp3) is 0.0909. The van der Waals surface area contributed by atoms with Gasteiger partial charge >= 0.3 is 0 Å². The number of nitrogens with one attached hydrogen (secondary N) is 1. The monoisotopic (exact) mass is 314 g/mol. The van der Waals surface area contributed by atoms with E-state index in [0.717, 1.165) is 0 Å². The summed E-state index contributed by atoms with van der Waals surface area (Å²) >= 11 is 3.03. The highest BCUT2D eigenvalue weighted by Gasteiger charge is 2.12. The molecule has 1 aromatic carbocycles. The van der Waals surface area contributed by atoms with E-state index in [2.05, 4.69) is 25.9 Å². The predicted molar refractivity (Wildman–Crippen MR) is 65.6 cm³/mol. The standard InChI is InChI=1S/C11H8BrFN2O3/c1-17-9-10(16)14-5-15-11(9)18-6-2-3-8(13)7(12)4-6/h2-5H,1H3,(H,14,15,16). The minimum atomic E-state index is -0.455. The van der Waals surface area contributed by atoms with Crippen molar-refractivity contribution < 1.29 is 13.9 Å². The van der Waals surface area contributed by atoms with Crippen molar-refractivity contribution in [3.8, 4) is 17.4 Å². The van der Waals surface area contributed by atoms with Crippen molar-refractivity contribution in [3.05, 3.63) is 45.2 Å². The normalized spacial score (nSPS) is 10.2. The lowest BCUT2D eigenvalue weighted by Gasteiger charge is -2.08. The summed E-state index contributed by atoms with van der Waals surface area (Å²) in [6.07, 6.45) is 1.19. The number of H-pyrrole nitrogens is 1. The third kappa shape index (κ3) is 2.51. The molecule has 0 spiro atoms. The second-order valence-corrected chi connectivity index (χ2v) is 4.10. The molecule has 0 bridgehead atoms. The average molecular weight is 315 g/mol. The van der Waals surface area contributed by atoms with Gasteiger partial charge in [0.15, 0.2) is 0 Å². The highest BCUT2D eigenvalue weighted by atomic mass is 79.9. The maximum atomic E-state index is 13.0. The molecule has 0 amide bonds. The Hall–Kier alpha value is -1.89. The summed E-state index contributed by atoms with van der Waals surface area (Å²) in [6, 6.07) is 4.08. The van der Waals surface area contributed by atoms with Crippen LogP contribution in [0.15, 0.2) is 33.8 Å². The van der Waals surface area contributed by atoms with Crippen molar-refractivity contribution in [1.29, 1.82) is 0 Å². The molecule has 2 rings (SSSR count). The van der Waals surface area contributed by atoms with Gasteiger partial charge in [0.2, 0.25) is 5.75 Å². The molecule has 0 unspecified atom stereocenters. The summed E-state index contributed by atoms with van der Waals surface area (Å²) < 4.78 is 23.6. The van der Waals surface area contributed by atoms with E-state index in [1.54, 1.807) is 0 Å². The molecular weight excluding hydrogens is 307 g/mol. The SMILES string of the molecule is COc1c(Oc2ccc(F)c(Br)c2)nc[nH]c1=O. The van der Waals surface area contributed by atoms with Crippen molar-refractivity contribution >= 4 is 15.9 Å². The molecule has 0 aliphatic heterocycles. The Morgan fingerprint density at radius 2 is 2.22 bits per heavy atom. The third-order valence-corrected chi connectivity index (χ3v) is 2.70. The van der Waals surface area contributed by atoms with Gasteiger partial charge in [-0.3, -0.25) is 4.79 Å². The molecule has 18 heavy (non-hydrogen) atoms. The predicted octanol–water partition coefficient (Wildman–Crippen LogP) is 2.47. The number of rotatable bonds is 3. The lowest BCUT2D eigenvalue weighted by atomic mass is 10.3. The van der Waals surface area contributed by atoms with E-state index < -0.39 is 11.4 Å². The number of methoxy groups -OCH3 is 1. The summed E-state index contributed by atoms with van der Waals surface area (Å²) in [5, 5.41) is 0. The summed E-state index contributed by atoms with van der Waals surface area (Å²) in [5.41, 5.74) is -0.455. The van der Waals surface area contributed by atoms with Gasteiger partial charge in [-0.15, -0.1) is 0 Å². The lowest BCUT2D eigenvalue weighted by molar-refractivity contribution is 0.362. The Balaban J connectivity index is 2.37. The molecule has 0 saturated heterocycles. The van der Waals surface area contributed by atoms with Crippen LogP contribution in [-0.2, 0) is 0 Å². The number of aromatic amines is 1. The van der Waals surface area contributed by atoms with Gasteiger partial charge in [0.1, 0.15) is 11.6 Å². The quantitative estimate of drug-likeness (QED) is 0.945.